The molecule has 0 bridgehead atoms. The van der Waals surface area contributed by atoms with Gasteiger partial charge in [0.25, 0.3) is 5.91 Å². The van der Waals surface area contributed by atoms with Crippen LogP contribution in [0.2, 0.25) is 0 Å². The summed E-state index contributed by atoms with van der Waals surface area (Å²) in [6.07, 6.45) is -0.514. The predicted octanol–water partition coefficient (Wildman–Crippen LogP) is 1.16. The summed E-state index contributed by atoms with van der Waals surface area (Å²) in [4.78, 5) is 23.1. The summed E-state index contributed by atoms with van der Waals surface area (Å²) < 4.78 is 10.5. The van der Waals surface area contributed by atoms with E-state index in [1.807, 2.05) is 18.2 Å². The van der Waals surface area contributed by atoms with Crippen LogP contribution in [0.1, 0.15) is 26.3 Å². The van der Waals surface area contributed by atoms with E-state index in [0.717, 1.165) is 5.56 Å². The maximum Gasteiger partial charge on any atom is 0.407 e. The van der Waals surface area contributed by atoms with Gasteiger partial charge in [0.1, 0.15) is 11.4 Å². The fraction of sp³-hybridized carbons (Fsp3) is 0.500. The first-order valence-electron chi connectivity index (χ1n) is 7.46. The molecule has 2 amide bonds. The molecule has 0 fully saturated rings. The maximum atomic E-state index is 11.7. The Hall–Kier alpha value is -2.28. The summed E-state index contributed by atoms with van der Waals surface area (Å²) in [5.41, 5.74) is 5.89. The number of rotatable bonds is 7. The van der Waals surface area contributed by atoms with E-state index in [1.165, 1.54) is 0 Å². The number of amides is 2. The Balaban J connectivity index is 2.21. The molecule has 0 spiro atoms. The molecule has 1 aromatic rings. The van der Waals surface area contributed by atoms with Gasteiger partial charge in [-0.15, -0.1) is 0 Å². The van der Waals surface area contributed by atoms with Crippen LogP contribution in [0, 0.1) is 0 Å². The Labute approximate surface area is 136 Å². The number of para-hydroxylation sites is 1. The van der Waals surface area contributed by atoms with Crippen LogP contribution >= 0.6 is 0 Å². The van der Waals surface area contributed by atoms with E-state index in [-0.39, 0.29) is 19.1 Å². The number of alkyl carbamates (subject to hydrolysis) is 1. The third-order valence-corrected chi connectivity index (χ3v) is 2.67. The average Bonchev–Trinajstić information content (AvgIpc) is 2.48. The number of ether oxygens (including phenoxy) is 2. The number of nitrogens with two attached hydrogens (primary N) is 1. The van der Waals surface area contributed by atoms with Gasteiger partial charge in [0.2, 0.25) is 0 Å². The van der Waals surface area contributed by atoms with Gasteiger partial charge in [-0.2, -0.15) is 0 Å². The summed E-state index contributed by atoms with van der Waals surface area (Å²) in [6.45, 7) is 6.15. The van der Waals surface area contributed by atoms with Gasteiger partial charge in [0, 0.05) is 25.2 Å². The molecule has 1 rings (SSSR count). The van der Waals surface area contributed by atoms with Gasteiger partial charge < -0.3 is 25.8 Å². The van der Waals surface area contributed by atoms with Gasteiger partial charge in [-0.1, -0.05) is 18.2 Å². The highest BCUT2D eigenvalue weighted by molar-refractivity contribution is 5.77. The molecule has 128 valence electrons. The summed E-state index contributed by atoms with van der Waals surface area (Å²) in [6, 6.07) is 7.28. The second kappa shape index (κ2) is 8.99. The molecule has 7 heteroatoms. The lowest BCUT2D eigenvalue weighted by molar-refractivity contribution is -0.123. The minimum Gasteiger partial charge on any atom is -0.483 e. The van der Waals surface area contributed by atoms with Crippen molar-refractivity contribution in [2.45, 2.75) is 32.9 Å². The highest BCUT2D eigenvalue weighted by atomic mass is 16.6. The largest absolute Gasteiger partial charge is 0.483 e. The summed E-state index contributed by atoms with van der Waals surface area (Å²) >= 11 is 0. The van der Waals surface area contributed by atoms with Crippen molar-refractivity contribution in [3.63, 3.8) is 0 Å². The van der Waals surface area contributed by atoms with Gasteiger partial charge in [0.05, 0.1) is 0 Å². The van der Waals surface area contributed by atoms with Crippen molar-refractivity contribution in [3.05, 3.63) is 29.8 Å². The number of benzene rings is 1. The van der Waals surface area contributed by atoms with Crippen molar-refractivity contribution >= 4 is 12.0 Å². The predicted molar refractivity (Wildman–Crippen MR) is 87.1 cm³/mol. The van der Waals surface area contributed by atoms with Crippen molar-refractivity contribution < 1.29 is 19.1 Å². The summed E-state index contributed by atoms with van der Waals surface area (Å²) in [7, 11) is 0. The van der Waals surface area contributed by atoms with Crippen LogP contribution in [-0.2, 0) is 16.1 Å². The number of carbonyl (C=O) groups excluding carboxylic acids is 2. The highest BCUT2D eigenvalue weighted by Gasteiger charge is 2.15. The van der Waals surface area contributed by atoms with Crippen molar-refractivity contribution in [2.75, 3.05) is 19.7 Å². The fourth-order valence-corrected chi connectivity index (χ4v) is 1.69. The third kappa shape index (κ3) is 8.06. The minimum atomic E-state index is -0.544. The first kappa shape index (κ1) is 18.8. The van der Waals surface area contributed by atoms with Gasteiger partial charge in [-0.05, 0) is 26.8 Å². The van der Waals surface area contributed by atoms with Crippen LogP contribution in [-0.4, -0.2) is 37.3 Å². The molecule has 0 atom stereocenters. The van der Waals surface area contributed by atoms with E-state index in [1.54, 1.807) is 26.8 Å². The molecule has 0 aliphatic heterocycles. The van der Waals surface area contributed by atoms with Crippen LogP contribution in [0.15, 0.2) is 24.3 Å². The molecule has 0 heterocycles. The number of hydrogen-bond donors (Lipinski definition) is 3. The molecule has 4 N–H and O–H groups in total. The van der Waals surface area contributed by atoms with Gasteiger partial charge in [0.15, 0.2) is 6.61 Å². The molecule has 0 saturated heterocycles. The molecule has 7 nitrogen and oxygen atoms in total. The molecule has 23 heavy (non-hydrogen) atoms. The zero-order valence-electron chi connectivity index (χ0n) is 13.8. The molecule has 0 aliphatic rings. The zero-order chi connectivity index (χ0) is 17.3. The summed E-state index contributed by atoms with van der Waals surface area (Å²) in [5.74, 6) is 0.319. The van der Waals surface area contributed by atoms with Gasteiger partial charge >= 0.3 is 6.09 Å². The third-order valence-electron chi connectivity index (χ3n) is 2.67. The molecular formula is C16H25N3O4. The lowest BCUT2D eigenvalue weighted by Gasteiger charge is -2.19. The van der Waals surface area contributed by atoms with E-state index >= 15 is 0 Å². The van der Waals surface area contributed by atoms with Crippen LogP contribution in [0.25, 0.3) is 0 Å². The number of carbonyl (C=O) groups is 2. The Morgan fingerprint density at radius 2 is 1.78 bits per heavy atom. The van der Waals surface area contributed by atoms with E-state index in [2.05, 4.69) is 10.6 Å². The molecule has 1 aromatic carbocycles. The van der Waals surface area contributed by atoms with Crippen molar-refractivity contribution in [1.29, 1.82) is 0 Å². The Kier molecular flexibility index (Phi) is 7.34. The average molecular weight is 323 g/mol. The molecule has 0 aliphatic carbocycles. The lowest BCUT2D eigenvalue weighted by Crippen LogP contribution is -2.39. The molecule has 0 aromatic heterocycles. The minimum absolute atomic E-state index is 0.108. The van der Waals surface area contributed by atoms with E-state index in [4.69, 9.17) is 15.2 Å². The Bertz CT molecular complexity index is 526. The standard InChI is InChI=1S/C16H25N3O4/c1-16(2,3)23-15(21)19-9-8-18-14(20)11-22-13-7-5-4-6-12(13)10-17/h4-7H,8-11,17H2,1-3H3,(H,18,20)(H,19,21). The zero-order valence-corrected chi connectivity index (χ0v) is 13.8. The van der Waals surface area contributed by atoms with E-state index in [9.17, 15) is 9.59 Å². The molecule has 0 radical (unpaired) electrons. The Morgan fingerprint density at radius 3 is 2.43 bits per heavy atom. The second-order valence-corrected chi connectivity index (χ2v) is 5.88. The smallest absolute Gasteiger partial charge is 0.407 e. The molecular weight excluding hydrogens is 298 g/mol. The van der Waals surface area contributed by atoms with Crippen molar-refractivity contribution in [1.82, 2.24) is 10.6 Å². The fourth-order valence-electron chi connectivity index (χ4n) is 1.69. The quantitative estimate of drug-likeness (QED) is 0.654. The Morgan fingerprint density at radius 1 is 1.13 bits per heavy atom. The van der Waals surface area contributed by atoms with Gasteiger partial charge in [-0.3, -0.25) is 4.79 Å². The van der Waals surface area contributed by atoms with E-state index in [0.29, 0.717) is 18.8 Å². The van der Waals surface area contributed by atoms with Crippen LogP contribution in [0.3, 0.4) is 0 Å². The first-order valence-corrected chi connectivity index (χ1v) is 7.46. The highest BCUT2D eigenvalue weighted by Crippen LogP contribution is 2.16. The first-order chi connectivity index (χ1) is 10.8. The van der Waals surface area contributed by atoms with Crippen molar-refractivity contribution in [2.24, 2.45) is 5.73 Å². The normalized spacial score (nSPS) is 10.8. The maximum absolute atomic E-state index is 11.7. The SMILES string of the molecule is CC(C)(C)OC(=O)NCCNC(=O)COc1ccccc1CN. The van der Waals surface area contributed by atoms with Crippen molar-refractivity contribution in [3.8, 4) is 5.75 Å². The number of nitrogens with one attached hydrogen (secondary N) is 2. The van der Waals surface area contributed by atoms with Gasteiger partial charge in [-0.25, -0.2) is 4.79 Å². The summed E-state index contributed by atoms with van der Waals surface area (Å²) in [5, 5.41) is 5.20. The number of hydrogen-bond acceptors (Lipinski definition) is 5. The van der Waals surface area contributed by atoms with Crippen LogP contribution in [0.4, 0.5) is 4.79 Å². The second-order valence-electron chi connectivity index (χ2n) is 5.88. The lowest BCUT2D eigenvalue weighted by atomic mass is 10.2. The van der Waals surface area contributed by atoms with Crippen LogP contribution < -0.4 is 21.1 Å². The molecule has 0 saturated carbocycles. The monoisotopic (exact) mass is 323 g/mol. The topological polar surface area (TPSA) is 103 Å². The van der Waals surface area contributed by atoms with Crippen LogP contribution in [0.5, 0.6) is 5.75 Å². The molecule has 0 unspecified atom stereocenters. The van der Waals surface area contributed by atoms with E-state index < -0.39 is 11.7 Å².